The van der Waals surface area contributed by atoms with Gasteiger partial charge in [0.05, 0.1) is 13.2 Å². The number of rotatable bonds is 8. The van der Waals surface area contributed by atoms with Gasteiger partial charge >= 0.3 is 0 Å². The predicted molar refractivity (Wildman–Crippen MR) is 65.7 cm³/mol. The fraction of sp³-hybridized carbons (Fsp3) is 0.818. The molecule has 1 unspecified atom stereocenters. The number of nitrogens with zero attached hydrogens (tertiary/aromatic N) is 1. The normalized spacial score (nSPS) is 12.0. The Morgan fingerprint density at radius 2 is 2.00 bits per heavy atom. The average Bonchev–Trinajstić information content (AvgIpc) is 2.24. The van der Waals surface area contributed by atoms with E-state index in [1.54, 1.807) is 21.2 Å². The predicted octanol–water partition coefficient (Wildman–Crippen LogP) is -0.795. The van der Waals surface area contributed by atoms with Crippen LogP contribution in [0.25, 0.3) is 0 Å². The topological polar surface area (TPSA) is 70.7 Å². The van der Waals surface area contributed by atoms with E-state index in [0.29, 0.717) is 19.6 Å². The molecule has 1 atom stereocenters. The highest BCUT2D eigenvalue weighted by Crippen LogP contribution is 1.85. The third-order valence-corrected chi connectivity index (χ3v) is 2.12. The summed E-state index contributed by atoms with van der Waals surface area (Å²) in [7, 11) is 5.01. The van der Waals surface area contributed by atoms with E-state index in [9.17, 15) is 9.59 Å². The van der Waals surface area contributed by atoms with Crippen molar-refractivity contribution in [3.8, 4) is 0 Å². The summed E-state index contributed by atoms with van der Waals surface area (Å²) in [5, 5.41) is 5.69. The second-order valence-electron chi connectivity index (χ2n) is 4.14. The van der Waals surface area contributed by atoms with Gasteiger partial charge in [-0.2, -0.15) is 0 Å². The van der Waals surface area contributed by atoms with Crippen molar-refractivity contribution < 1.29 is 14.3 Å². The van der Waals surface area contributed by atoms with Crippen molar-refractivity contribution in [2.24, 2.45) is 0 Å². The highest BCUT2D eigenvalue weighted by molar-refractivity contribution is 5.78. The van der Waals surface area contributed by atoms with Crippen molar-refractivity contribution in [2.75, 3.05) is 40.9 Å². The number of amides is 2. The molecular formula is C11H23N3O3. The van der Waals surface area contributed by atoms with Gasteiger partial charge in [0, 0.05) is 40.2 Å². The Labute approximate surface area is 103 Å². The van der Waals surface area contributed by atoms with Crippen LogP contribution < -0.4 is 10.6 Å². The molecule has 0 spiro atoms. The summed E-state index contributed by atoms with van der Waals surface area (Å²) in [6.07, 6.45) is 0.397. The molecule has 0 fully saturated rings. The summed E-state index contributed by atoms with van der Waals surface area (Å²) < 4.78 is 4.90. The average molecular weight is 245 g/mol. The van der Waals surface area contributed by atoms with Crippen LogP contribution in [0.4, 0.5) is 0 Å². The van der Waals surface area contributed by atoms with Gasteiger partial charge in [-0.15, -0.1) is 0 Å². The number of carbonyl (C=O) groups is 2. The van der Waals surface area contributed by atoms with Crippen LogP contribution in [0.15, 0.2) is 0 Å². The standard InChI is InChI=1S/C11H23N3O3/c1-9(8-17-4)13-10(15)7-12-6-5-11(16)14(2)3/h9,12H,5-8H2,1-4H3,(H,13,15). The lowest BCUT2D eigenvalue weighted by atomic mass is 10.3. The van der Waals surface area contributed by atoms with E-state index >= 15 is 0 Å². The molecule has 6 nitrogen and oxygen atoms in total. The van der Waals surface area contributed by atoms with Gasteiger partial charge in [0.2, 0.25) is 11.8 Å². The van der Waals surface area contributed by atoms with Crippen molar-refractivity contribution in [2.45, 2.75) is 19.4 Å². The Kier molecular flexibility index (Phi) is 8.35. The van der Waals surface area contributed by atoms with Crippen molar-refractivity contribution in [3.63, 3.8) is 0 Å². The SMILES string of the molecule is COCC(C)NC(=O)CNCCC(=O)N(C)C. The van der Waals surface area contributed by atoms with E-state index in [-0.39, 0.29) is 24.4 Å². The quantitative estimate of drug-likeness (QED) is 0.550. The van der Waals surface area contributed by atoms with Crippen LogP contribution in [0.3, 0.4) is 0 Å². The Morgan fingerprint density at radius 1 is 1.35 bits per heavy atom. The van der Waals surface area contributed by atoms with Gasteiger partial charge in [0.1, 0.15) is 0 Å². The number of methoxy groups -OCH3 is 1. The first-order valence-electron chi connectivity index (χ1n) is 5.66. The molecule has 17 heavy (non-hydrogen) atoms. The van der Waals surface area contributed by atoms with Gasteiger partial charge < -0.3 is 20.3 Å². The summed E-state index contributed by atoms with van der Waals surface area (Å²) in [6.45, 7) is 3.08. The van der Waals surface area contributed by atoms with Crippen molar-refractivity contribution in [1.29, 1.82) is 0 Å². The first kappa shape index (κ1) is 15.9. The molecule has 0 saturated heterocycles. The van der Waals surface area contributed by atoms with Gasteiger partial charge in [0.15, 0.2) is 0 Å². The van der Waals surface area contributed by atoms with Crippen LogP contribution in [-0.4, -0.2) is 63.7 Å². The van der Waals surface area contributed by atoms with E-state index in [4.69, 9.17) is 4.74 Å². The molecule has 0 aliphatic carbocycles. The molecule has 0 aromatic heterocycles. The van der Waals surface area contributed by atoms with Gasteiger partial charge in [-0.05, 0) is 6.92 Å². The van der Waals surface area contributed by atoms with Crippen LogP contribution in [-0.2, 0) is 14.3 Å². The number of nitrogens with one attached hydrogen (secondary N) is 2. The second kappa shape index (κ2) is 8.95. The molecule has 0 aliphatic heterocycles. The summed E-state index contributed by atoms with van der Waals surface area (Å²) >= 11 is 0. The van der Waals surface area contributed by atoms with Crippen LogP contribution in [0.2, 0.25) is 0 Å². The zero-order chi connectivity index (χ0) is 13.3. The lowest BCUT2D eigenvalue weighted by Crippen LogP contribution is -2.41. The van der Waals surface area contributed by atoms with Crippen LogP contribution in [0, 0.1) is 0 Å². The molecule has 0 heterocycles. The first-order chi connectivity index (χ1) is 7.97. The lowest BCUT2D eigenvalue weighted by molar-refractivity contribution is -0.128. The highest BCUT2D eigenvalue weighted by atomic mass is 16.5. The lowest BCUT2D eigenvalue weighted by Gasteiger charge is -2.13. The van der Waals surface area contributed by atoms with Gasteiger partial charge in [0.25, 0.3) is 0 Å². The molecule has 0 aromatic rings. The van der Waals surface area contributed by atoms with E-state index in [0.717, 1.165) is 0 Å². The number of hydrogen-bond acceptors (Lipinski definition) is 4. The number of ether oxygens (including phenoxy) is 1. The minimum absolute atomic E-state index is 0.00212. The van der Waals surface area contributed by atoms with E-state index in [1.807, 2.05) is 6.92 Å². The maximum absolute atomic E-state index is 11.4. The largest absolute Gasteiger partial charge is 0.383 e. The molecule has 0 aromatic carbocycles. The van der Waals surface area contributed by atoms with Crippen LogP contribution >= 0.6 is 0 Å². The molecule has 6 heteroatoms. The van der Waals surface area contributed by atoms with Crippen LogP contribution in [0.1, 0.15) is 13.3 Å². The third-order valence-electron chi connectivity index (χ3n) is 2.12. The molecule has 2 N–H and O–H groups in total. The molecule has 0 bridgehead atoms. The maximum atomic E-state index is 11.4. The van der Waals surface area contributed by atoms with Crippen molar-refractivity contribution >= 4 is 11.8 Å². The van der Waals surface area contributed by atoms with E-state index in [1.165, 1.54) is 4.90 Å². The molecule has 2 amide bonds. The smallest absolute Gasteiger partial charge is 0.234 e. The fourth-order valence-corrected chi connectivity index (χ4v) is 1.24. The Bertz CT molecular complexity index is 244. The Balaban J connectivity index is 3.55. The molecular weight excluding hydrogens is 222 g/mol. The van der Waals surface area contributed by atoms with Gasteiger partial charge in [-0.25, -0.2) is 0 Å². The third kappa shape index (κ3) is 8.65. The summed E-state index contributed by atoms with van der Waals surface area (Å²) in [4.78, 5) is 24.1. The minimum atomic E-state index is -0.0909. The monoisotopic (exact) mass is 245 g/mol. The molecule has 0 saturated carbocycles. The van der Waals surface area contributed by atoms with Gasteiger partial charge in [-0.3, -0.25) is 9.59 Å². The maximum Gasteiger partial charge on any atom is 0.234 e. The van der Waals surface area contributed by atoms with E-state index < -0.39 is 0 Å². The minimum Gasteiger partial charge on any atom is -0.383 e. The van der Waals surface area contributed by atoms with E-state index in [2.05, 4.69) is 10.6 Å². The molecule has 0 aliphatic rings. The molecule has 0 radical (unpaired) electrons. The first-order valence-corrected chi connectivity index (χ1v) is 5.66. The fourth-order valence-electron chi connectivity index (χ4n) is 1.24. The summed E-state index contributed by atoms with van der Waals surface area (Å²) in [5.74, 6) is -0.0440. The number of carbonyl (C=O) groups excluding carboxylic acids is 2. The summed E-state index contributed by atoms with van der Waals surface area (Å²) in [5.41, 5.74) is 0. The number of hydrogen-bond donors (Lipinski definition) is 2. The van der Waals surface area contributed by atoms with Gasteiger partial charge in [-0.1, -0.05) is 0 Å². The zero-order valence-corrected chi connectivity index (χ0v) is 11.1. The Hall–Kier alpha value is -1.14. The second-order valence-corrected chi connectivity index (χ2v) is 4.14. The summed E-state index contributed by atoms with van der Waals surface area (Å²) in [6, 6.07) is -0.00212. The van der Waals surface area contributed by atoms with Crippen molar-refractivity contribution in [3.05, 3.63) is 0 Å². The molecule has 0 rings (SSSR count). The molecule has 100 valence electrons. The van der Waals surface area contributed by atoms with Crippen LogP contribution in [0.5, 0.6) is 0 Å². The zero-order valence-electron chi connectivity index (χ0n) is 11.1. The van der Waals surface area contributed by atoms with Crippen molar-refractivity contribution in [1.82, 2.24) is 15.5 Å². The highest BCUT2D eigenvalue weighted by Gasteiger charge is 2.07. The Morgan fingerprint density at radius 3 is 2.53 bits per heavy atom.